The number of aryl methyl sites for hydroxylation is 1. The number of aromatic amines is 1. The SMILES string of the molecule is CCCC[C@H]([NH3+])C[NH2+]CC[C@H]([NH2+]CCCC(=O)CNC(C)=O)C(=O)C[C@H](Cc1c[nH]c2cc(C)ccc12)C(=O)NCC[C@@H](NC(=O)CCCC(=O)[O-])C(=O)[O-].CCCC[C@H]([NH3+])C[NH2+]CC[C@H]([NH3+])C(=O)C[C@H](CCN1C(=O)c2cccc3c(N(C)C)ccc(c23)C1=O)C(=O)NCC[C@@H](NC(=O)CCCC(=O)[O-])C(=O)[O-]. The Balaban J connectivity index is 0.000000460. The van der Waals surface area contributed by atoms with Crippen LogP contribution in [0, 0.1) is 18.8 Å². The molecule has 32 nitrogen and oxygen atoms in total. The molecule has 0 aliphatic carbocycles. The average Bonchev–Trinajstić information content (AvgIpc) is 1.47. The van der Waals surface area contributed by atoms with Gasteiger partial charge in [-0.15, -0.1) is 0 Å². The molecule has 7 amide bonds. The van der Waals surface area contributed by atoms with Gasteiger partial charge >= 0.3 is 0 Å². The van der Waals surface area contributed by atoms with Crippen LogP contribution in [0.25, 0.3) is 21.7 Å². The summed E-state index contributed by atoms with van der Waals surface area (Å²) >= 11 is 0. The molecule has 1 aromatic heterocycles. The third-order valence-corrected chi connectivity index (χ3v) is 19.3. The fourth-order valence-corrected chi connectivity index (χ4v) is 13.0. The maximum absolute atomic E-state index is 14.1. The molecule has 21 N–H and O–H groups in total. The van der Waals surface area contributed by atoms with E-state index in [0.29, 0.717) is 67.5 Å². The van der Waals surface area contributed by atoms with Crippen LogP contribution in [0.3, 0.4) is 0 Å². The van der Waals surface area contributed by atoms with E-state index < -0.39 is 95.3 Å². The molecule has 5 rings (SSSR count). The number of hydrogen-bond donors (Lipinski definition) is 12. The Labute approximate surface area is 636 Å². The summed E-state index contributed by atoms with van der Waals surface area (Å²) < 4.78 is 0. The van der Waals surface area contributed by atoms with Crippen molar-refractivity contribution < 1.29 is 121 Å². The molecule has 0 radical (unpaired) electrons. The Hall–Kier alpha value is -9.60. The minimum atomic E-state index is -1.59. The van der Waals surface area contributed by atoms with Crippen molar-refractivity contribution in [2.24, 2.45) is 11.8 Å². The van der Waals surface area contributed by atoms with E-state index in [1.54, 1.807) is 18.2 Å². The van der Waals surface area contributed by atoms with Crippen molar-refractivity contribution in [3.05, 3.63) is 77.0 Å². The summed E-state index contributed by atoms with van der Waals surface area (Å²) in [6, 6.07) is 11.3. The van der Waals surface area contributed by atoms with Gasteiger partial charge in [-0.3, -0.25) is 52.8 Å². The van der Waals surface area contributed by atoms with Crippen LogP contribution in [0.2, 0.25) is 0 Å². The number of anilines is 1. The number of nitrogens with two attached hydrogens (primary N) is 3. The average molecular weight is 1530 g/mol. The number of rotatable bonds is 55. The number of carbonyl (C=O) groups excluding carboxylic acids is 14. The quantitative estimate of drug-likeness (QED) is 0.0144. The molecule has 0 spiro atoms. The number of benzene rings is 3. The van der Waals surface area contributed by atoms with Crippen LogP contribution in [0.5, 0.6) is 0 Å². The van der Waals surface area contributed by atoms with Gasteiger partial charge in [0.05, 0.1) is 63.0 Å². The zero-order chi connectivity index (χ0) is 80.7. The number of carboxylic acid groups (broad SMARTS) is 4. The minimum Gasteiger partial charge on any atom is -0.550 e. The van der Waals surface area contributed by atoms with Crippen LogP contribution in [0.15, 0.2) is 54.7 Å². The molecule has 1 aliphatic heterocycles. The standard InChI is InChI=1S/C39H61N7O9.C38H55N7O9/c1-4-5-8-29(40)23-41-17-14-32(42-16-7-9-30(48)24-44-26(3)47)35(49)21-27(20-28-22-45-34-19-25(2)12-13-31(28)34)38(53)43-18-15-33(39(54)55)46-36(50)10-6-11-37(51)52;1-4-5-8-24(39)22-41-18-15-28(40)31(46)21-23(35(50)42-19-16-29(38(53)54)43-32(47)11-7-12-33(48)49)17-20-45-36(51)26-10-6-9-25-30(44(2)3)14-13-27(34(25)26)37(45)52/h12-13,19,22,27,29,32-33,41-42,45H,4-11,14-18,20-21,23-24,40H2,1-3H3,(H,43,53)(H,44,47)(H,46,50)(H,51,52)(H,54,55);6,9-10,13-14,23-24,28-29,41H,4-5,7-8,11-12,15-22,39-40H2,1-3H3,(H,42,50)(H,43,47)(H,48,49)(H,53,54)/p+2/t27-,29-,32-,33+;23-,24-,28-,29+/m00/s1. The Kier molecular flexibility index (Phi) is 41.0. The molecule has 2 heterocycles. The molecule has 0 bridgehead atoms. The van der Waals surface area contributed by atoms with E-state index in [4.69, 9.17) is 0 Å². The first-order chi connectivity index (χ1) is 51.8. The number of amides is 7. The van der Waals surface area contributed by atoms with Crippen LogP contribution >= 0.6 is 0 Å². The Bertz CT molecular complexity index is 3710. The van der Waals surface area contributed by atoms with E-state index in [1.807, 2.05) is 67.8 Å². The van der Waals surface area contributed by atoms with Gasteiger partial charge in [-0.25, -0.2) is 0 Å². The number of Topliss-reactive ketones (excluding diaryl/α,β-unsaturated/α-hetero) is 3. The monoisotopic (exact) mass is 1530 g/mol. The van der Waals surface area contributed by atoms with E-state index in [2.05, 4.69) is 73.2 Å². The minimum absolute atomic E-state index is 0.0176. The smallest absolute Gasteiger partial charge is 0.261 e. The number of hydrogen-bond acceptors (Lipinski definition) is 19. The third-order valence-electron chi connectivity index (χ3n) is 19.3. The molecule has 3 aromatic carbocycles. The summed E-state index contributed by atoms with van der Waals surface area (Å²) in [4.78, 5) is 181. The van der Waals surface area contributed by atoms with E-state index >= 15 is 0 Å². The second-order valence-electron chi connectivity index (χ2n) is 28.7. The number of quaternary nitrogens is 6. The van der Waals surface area contributed by atoms with Crippen molar-refractivity contribution in [3.8, 4) is 0 Å². The zero-order valence-corrected chi connectivity index (χ0v) is 64.3. The highest BCUT2D eigenvalue weighted by molar-refractivity contribution is 6.27. The van der Waals surface area contributed by atoms with Crippen molar-refractivity contribution in [2.75, 3.05) is 77.9 Å². The number of fused-ring (bicyclic) bond motifs is 1. The molecule has 8 atom stereocenters. The summed E-state index contributed by atoms with van der Waals surface area (Å²) in [6.45, 7) is 10.5. The first-order valence-electron chi connectivity index (χ1n) is 38.2. The summed E-state index contributed by atoms with van der Waals surface area (Å²) in [6.07, 6.45) is 8.27. The molecule has 109 heavy (non-hydrogen) atoms. The maximum Gasteiger partial charge on any atom is 0.261 e. The van der Waals surface area contributed by atoms with Crippen LogP contribution in [0.4, 0.5) is 5.69 Å². The third kappa shape index (κ3) is 33.0. The lowest BCUT2D eigenvalue weighted by Gasteiger charge is -2.29. The fourth-order valence-electron chi connectivity index (χ4n) is 13.0. The predicted octanol–water partition coefficient (Wildman–Crippen LogP) is -7.08. The molecule has 4 aromatic rings. The highest BCUT2D eigenvalue weighted by Gasteiger charge is 2.36. The number of nitrogens with zero attached hydrogens (tertiary/aromatic N) is 2. The first kappa shape index (κ1) is 91.8. The molecule has 602 valence electrons. The molecule has 32 heteroatoms. The largest absolute Gasteiger partial charge is 0.550 e. The Morgan fingerprint density at radius 2 is 1.14 bits per heavy atom. The molecule has 0 fully saturated rings. The normalized spacial score (nSPS) is 14.0. The number of unbranched alkanes of at least 4 members (excludes halogenated alkanes) is 2. The van der Waals surface area contributed by atoms with Gasteiger partial charge in [0, 0.05) is 160 Å². The first-order valence-corrected chi connectivity index (χ1v) is 38.2. The zero-order valence-electron chi connectivity index (χ0n) is 64.3. The van der Waals surface area contributed by atoms with Crippen molar-refractivity contribution >= 4 is 110 Å². The second-order valence-corrected chi connectivity index (χ2v) is 28.7. The Morgan fingerprint density at radius 3 is 1.68 bits per heavy atom. The van der Waals surface area contributed by atoms with Gasteiger partial charge in [0.1, 0.15) is 31.2 Å². The summed E-state index contributed by atoms with van der Waals surface area (Å²) in [5.41, 5.74) is 16.8. The van der Waals surface area contributed by atoms with Gasteiger partial charge in [0.15, 0.2) is 23.4 Å². The van der Waals surface area contributed by atoms with E-state index in [-0.39, 0.29) is 133 Å². The van der Waals surface area contributed by atoms with Crippen LogP contribution in [-0.2, 0) is 64.0 Å². The van der Waals surface area contributed by atoms with Gasteiger partial charge < -0.3 is 109 Å². The van der Waals surface area contributed by atoms with Gasteiger partial charge in [0.25, 0.3) is 11.8 Å². The summed E-state index contributed by atoms with van der Waals surface area (Å²) in [5, 5.41) is 65.6. The van der Waals surface area contributed by atoms with Crippen molar-refractivity contribution in [2.45, 2.75) is 205 Å². The lowest BCUT2D eigenvalue weighted by molar-refractivity contribution is -0.704. The Morgan fingerprint density at radius 1 is 0.587 bits per heavy atom. The number of carboxylic acids is 4. The summed E-state index contributed by atoms with van der Waals surface area (Å²) in [7, 11) is 3.74. The van der Waals surface area contributed by atoms with Gasteiger partial charge in [0.2, 0.25) is 29.5 Å². The lowest BCUT2D eigenvalue weighted by Crippen LogP contribution is -2.95. The van der Waals surface area contributed by atoms with Crippen molar-refractivity contribution in [1.29, 1.82) is 0 Å². The number of aliphatic carboxylic acids is 4. The van der Waals surface area contributed by atoms with Crippen LogP contribution in [0.1, 0.15) is 187 Å². The topological polar surface area (TPSA) is 546 Å². The van der Waals surface area contributed by atoms with Gasteiger partial charge in [-0.05, 0) is 107 Å². The lowest BCUT2D eigenvalue weighted by atomic mass is 9.90. The van der Waals surface area contributed by atoms with Gasteiger partial charge in [-0.2, -0.15) is 0 Å². The number of nitrogens with one attached hydrogen (secondary N) is 6. The van der Waals surface area contributed by atoms with Crippen LogP contribution < -0.4 is 85.1 Å². The predicted molar refractivity (Wildman–Crippen MR) is 393 cm³/mol. The summed E-state index contributed by atoms with van der Waals surface area (Å²) in [5.74, 6) is -11.8. The molecular formula is C77H118N14O18+2. The number of H-pyrrole nitrogens is 1. The van der Waals surface area contributed by atoms with Crippen LogP contribution in [-0.4, -0.2) is 202 Å². The van der Waals surface area contributed by atoms with E-state index in [0.717, 1.165) is 89.6 Å². The highest BCUT2D eigenvalue weighted by Crippen LogP contribution is 2.36. The maximum atomic E-state index is 14.1. The number of aromatic nitrogens is 1. The van der Waals surface area contributed by atoms with Crippen molar-refractivity contribution in [1.82, 2.24) is 36.5 Å². The highest BCUT2D eigenvalue weighted by atomic mass is 16.4. The molecule has 0 saturated heterocycles. The van der Waals surface area contributed by atoms with E-state index in [1.165, 1.54) is 6.92 Å². The number of imide groups is 1. The van der Waals surface area contributed by atoms with Gasteiger partial charge in [-0.1, -0.05) is 51.0 Å². The number of ketones is 3. The number of carbonyl (C=O) groups is 14. The molecule has 0 unspecified atom stereocenters. The molecule has 0 saturated carbocycles. The molecular weight excluding hydrogens is 1410 g/mol. The van der Waals surface area contributed by atoms with Crippen molar-refractivity contribution in [3.63, 3.8) is 0 Å². The second kappa shape index (κ2) is 48.7. The van der Waals surface area contributed by atoms with E-state index in [9.17, 15) is 87.5 Å². The molecule has 1 aliphatic rings. The fraction of sp³-hybridized carbons (Fsp3) is 0.584.